The second kappa shape index (κ2) is 6.89. The van der Waals surface area contributed by atoms with Gasteiger partial charge in [0.1, 0.15) is 0 Å². The molecular weight excluding hydrogens is 324 g/mol. The smallest absolute Gasteiger partial charge is 0.257 e. The van der Waals surface area contributed by atoms with Gasteiger partial charge in [-0.05, 0) is 36.2 Å². The lowest BCUT2D eigenvalue weighted by atomic mass is 10.0. The molecule has 5 heteroatoms. The number of amides is 1. The van der Waals surface area contributed by atoms with E-state index in [4.69, 9.17) is 11.6 Å². The number of aromatic amines is 1. The van der Waals surface area contributed by atoms with Crippen molar-refractivity contribution in [3.05, 3.63) is 75.0 Å². The van der Waals surface area contributed by atoms with Crippen LogP contribution >= 0.6 is 11.6 Å². The Balaban J connectivity index is 1.95. The zero-order valence-electron chi connectivity index (χ0n) is 13.2. The Morgan fingerprint density at radius 2 is 1.96 bits per heavy atom. The summed E-state index contributed by atoms with van der Waals surface area (Å²) in [6.45, 7) is 2.07. The zero-order chi connectivity index (χ0) is 17.1. The summed E-state index contributed by atoms with van der Waals surface area (Å²) in [6.07, 6.45) is 1.80. The van der Waals surface area contributed by atoms with E-state index in [9.17, 15) is 9.59 Å². The van der Waals surface area contributed by atoms with Crippen molar-refractivity contribution in [2.24, 2.45) is 0 Å². The summed E-state index contributed by atoms with van der Waals surface area (Å²) in [7, 11) is 0. The first-order valence-corrected chi connectivity index (χ1v) is 8.18. The summed E-state index contributed by atoms with van der Waals surface area (Å²) in [5.74, 6) is -0.285. The number of aryl methyl sites for hydroxylation is 1. The molecule has 1 aromatic heterocycles. The van der Waals surface area contributed by atoms with Gasteiger partial charge < -0.3 is 10.3 Å². The van der Waals surface area contributed by atoms with Crippen LogP contribution in [-0.4, -0.2) is 10.9 Å². The van der Waals surface area contributed by atoms with Gasteiger partial charge in [0.15, 0.2) is 0 Å². The van der Waals surface area contributed by atoms with E-state index in [2.05, 4.69) is 17.2 Å². The summed E-state index contributed by atoms with van der Waals surface area (Å²) in [5.41, 5.74) is 2.60. The van der Waals surface area contributed by atoms with Crippen molar-refractivity contribution in [1.29, 1.82) is 0 Å². The standard InChI is InChI=1S/C19H17ClN2O2/c1-2-5-12-10-18(23)22-17-11-13(8-9-14(12)17)21-19(24)15-6-3-4-7-16(15)20/h3-4,6-11H,2,5H2,1H3,(H,21,24)(H,22,23). The van der Waals surface area contributed by atoms with E-state index in [-0.39, 0.29) is 11.5 Å². The lowest BCUT2D eigenvalue weighted by Gasteiger charge is -2.09. The van der Waals surface area contributed by atoms with Crippen LogP contribution in [0.25, 0.3) is 10.9 Å². The molecule has 3 aromatic rings. The predicted molar refractivity (Wildman–Crippen MR) is 98.0 cm³/mol. The highest BCUT2D eigenvalue weighted by Crippen LogP contribution is 2.22. The number of aromatic nitrogens is 1. The fraction of sp³-hybridized carbons (Fsp3) is 0.158. The Kier molecular flexibility index (Phi) is 4.67. The molecule has 0 fully saturated rings. The largest absolute Gasteiger partial charge is 0.322 e. The number of carbonyl (C=O) groups is 1. The third kappa shape index (κ3) is 3.34. The fourth-order valence-corrected chi connectivity index (χ4v) is 2.95. The number of fused-ring (bicyclic) bond motifs is 1. The molecule has 0 saturated heterocycles. The van der Waals surface area contributed by atoms with Crippen molar-refractivity contribution in [3.63, 3.8) is 0 Å². The van der Waals surface area contributed by atoms with Gasteiger partial charge in [0.05, 0.1) is 16.1 Å². The quantitative estimate of drug-likeness (QED) is 0.740. The first-order chi connectivity index (χ1) is 11.6. The normalized spacial score (nSPS) is 10.8. The first-order valence-electron chi connectivity index (χ1n) is 7.80. The Morgan fingerprint density at radius 3 is 2.71 bits per heavy atom. The molecule has 24 heavy (non-hydrogen) atoms. The Bertz CT molecular complexity index is 963. The number of halogens is 1. The maximum absolute atomic E-state index is 12.3. The van der Waals surface area contributed by atoms with Crippen molar-refractivity contribution in [2.75, 3.05) is 5.32 Å². The minimum absolute atomic E-state index is 0.138. The fourth-order valence-electron chi connectivity index (χ4n) is 2.73. The van der Waals surface area contributed by atoms with Crippen LogP contribution in [0.2, 0.25) is 5.02 Å². The van der Waals surface area contributed by atoms with Gasteiger partial charge >= 0.3 is 0 Å². The summed E-state index contributed by atoms with van der Waals surface area (Å²) < 4.78 is 0. The summed E-state index contributed by atoms with van der Waals surface area (Å²) in [5, 5.41) is 4.21. The Hall–Kier alpha value is -2.59. The molecule has 0 radical (unpaired) electrons. The highest BCUT2D eigenvalue weighted by atomic mass is 35.5. The molecule has 1 amide bonds. The molecular formula is C19H17ClN2O2. The molecule has 0 spiro atoms. The summed E-state index contributed by atoms with van der Waals surface area (Å²) in [6, 6.07) is 14.0. The average molecular weight is 341 g/mol. The van der Waals surface area contributed by atoms with Gasteiger partial charge in [-0.15, -0.1) is 0 Å². The molecule has 0 bridgehead atoms. The van der Waals surface area contributed by atoms with Gasteiger partial charge in [0.25, 0.3) is 5.91 Å². The number of hydrogen-bond donors (Lipinski definition) is 2. The lowest BCUT2D eigenvalue weighted by molar-refractivity contribution is 0.102. The number of rotatable bonds is 4. The third-order valence-corrected chi connectivity index (χ3v) is 4.15. The summed E-state index contributed by atoms with van der Waals surface area (Å²) >= 11 is 6.05. The van der Waals surface area contributed by atoms with Gasteiger partial charge in [-0.3, -0.25) is 9.59 Å². The van der Waals surface area contributed by atoms with Crippen LogP contribution in [0.3, 0.4) is 0 Å². The second-order valence-electron chi connectivity index (χ2n) is 5.60. The molecule has 0 unspecified atom stereocenters. The van der Waals surface area contributed by atoms with Gasteiger partial charge in [-0.1, -0.05) is 43.1 Å². The maximum Gasteiger partial charge on any atom is 0.257 e. The van der Waals surface area contributed by atoms with Crippen LogP contribution in [0, 0.1) is 0 Å². The van der Waals surface area contributed by atoms with E-state index in [1.54, 1.807) is 36.4 Å². The molecule has 122 valence electrons. The number of pyridine rings is 1. The number of benzene rings is 2. The minimum Gasteiger partial charge on any atom is -0.322 e. The van der Waals surface area contributed by atoms with Crippen molar-refractivity contribution < 1.29 is 4.79 Å². The van der Waals surface area contributed by atoms with Crippen LogP contribution in [0.4, 0.5) is 5.69 Å². The Labute approximate surface area is 144 Å². The number of H-pyrrole nitrogens is 1. The maximum atomic E-state index is 12.3. The van der Waals surface area contributed by atoms with E-state index in [0.29, 0.717) is 21.8 Å². The topological polar surface area (TPSA) is 62.0 Å². The molecule has 0 aliphatic rings. The Morgan fingerprint density at radius 1 is 1.17 bits per heavy atom. The van der Waals surface area contributed by atoms with Crippen LogP contribution in [-0.2, 0) is 6.42 Å². The number of anilines is 1. The average Bonchev–Trinajstić information content (AvgIpc) is 2.55. The second-order valence-corrected chi connectivity index (χ2v) is 6.01. The minimum atomic E-state index is -0.285. The molecule has 2 N–H and O–H groups in total. The molecule has 1 heterocycles. The monoisotopic (exact) mass is 340 g/mol. The number of hydrogen-bond acceptors (Lipinski definition) is 2. The van der Waals surface area contributed by atoms with Crippen molar-refractivity contribution in [2.45, 2.75) is 19.8 Å². The molecule has 0 atom stereocenters. The van der Waals surface area contributed by atoms with Gasteiger partial charge in [-0.25, -0.2) is 0 Å². The van der Waals surface area contributed by atoms with Crippen LogP contribution in [0.5, 0.6) is 0 Å². The first kappa shape index (κ1) is 16.3. The van der Waals surface area contributed by atoms with Crippen LogP contribution in [0.1, 0.15) is 29.3 Å². The highest BCUT2D eigenvalue weighted by Gasteiger charge is 2.11. The molecule has 0 aliphatic carbocycles. The van der Waals surface area contributed by atoms with Crippen LogP contribution in [0.15, 0.2) is 53.3 Å². The predicted octanol–water partition coefficient (Wildman–Crippen LogP) is 4.39. The van der Waals surface area contributed by atoms with E-state index < -0.39 is 0 Å². The van der Waals surface area contributed by atoms with Gasteiger partial charge in [0, 0.05) is 17.1 Å². The summed E-state index contributed by atoms with van der Waals surface area (Å²) in [4.78, 5) is 27.0. The molecule has 3 rings (SSSR count). The molecule has 0 aliphatic heterocycles. The van der Waals surface area contributed by atoms with Crippen molar-refractivity contribution >= 4 is 34.1 Å². The van der Waals surface area contributed by atoms with E-state index in [1.807, 2.05) is 12.1 Å². The van der Waals surface area contributed by atoms with E-state index in [0.717, 1.165) is 23.8 Å². The number of nitrogens with one attached hydrogen (secondary N) is 2. The molecule has 2 aromatic carbocycles. The highest BCUT2D eigenvalue weighted by molar-refractivity contribution is 6.34. The van der Waals surface area contributed by atoms with Crippen LogP contribution < -0.4 is 10.9 Å². The lowest BCUT2D eigenvalue weighted by Crippen LogP contribution is -2.13. The van der Waals surface area contributed by atoms with E-state index in [1.165, 1.54) is 0 Å². The molecule has 0 saturated carbocycles. The number of carbonyl (C=O) groups excluding carboxylic acids is 1. The van der Waals surface area contributed by atoms with Gasteiger partial charge in [-0.2, -0.15) is 0 Å². The van der Waals surface area contributed by atoms with Gasteiger partial charge in [0.2, 0.25) is 5.56 Å². The zero-order valence-corrected chi connectivity index (χ0v) is 14.0. The third-order valence-electron chi connectivity index (χ3n) is 3.82. The molecule has 4 nitrogen and oxygen atoms in total. The van der Waals surface area contributed by atoms with E-state index >= 15 is 0 Å². The van der Waals surface area contributed by atoms with Crippen molar-refractivity contribution in [3.8, 4) is 0 Å². The van der Waals surface area contributed by atoms with Crippen molar-refractivity contribution in [1.82, 2.24) is 4.98 Å². The SMILES string of the molecule is CCCc1cc(=O)[nH]c2cc(NC(=O)c3ccccc3Cl)ccc12.